The molecule has 3 nitrogen and oxygen atoms in total. The molecule has 0 spiro atoms. The fourth-order valence-electron chi connectivity index (χ4n) is 1.31. The van der Waals surface area contributed by atoms with Crippen molar-refractivity contribution in [3.8, 4) is 5.75 Å². The van der Waals surface area contributed by atoms with Gasteiger partial charge >= 0.3 is 0 Å². The van der Waals surface area contributed by atoms with Crippen molar-refractivity contribution >= 4 is 32.5 Å². The molecular formula is C15H23BrO3S. The lowest BCUT2D eigenvalue weighted by Crippen LogP contribution is -2.26. The van der Waals surface area contributed by atoms with Crippen LogP contribution in [-0.2, 0) is 4.18 Å². The maximum absolute atomic E-state index is 11.0. The number of aldehydes is 1. The Hall–Kier alpha value is -0.520. The fraction of sp³-hybridized carbons (Fsp3) is 0.533. The Morgan fingerprint density at radius 2 is 1.90 bits per heavy atom. The van der Waals surface area contributed by atoms with Crippen molar-refractivity contribution in [2.45, 2.75) is 25.5 Å². The Kier molecular flexibility index (Phi) is 6.10. The molecule has 1 aromatic rings. The number of rotatable bonds is 6. The molecule has 0 bridgehead atoms. The molecule has 0 aromatic heterocycles. The SMILES string of the molecule is CC(C)(C)S(C)(C)OCCOc1ccc(Br)cc1C=O. The second-order valence-electron chi connectivity index (χ2n) is 5.82. The van der Waals surface area contributed by atoms with Crippen molar-refractivity contribution in [3.63, 3.8) is 0 Å². The Bertz CT molecular complexity index is 467. The van der Waals surface area contributed by atoms with Crippen molar-refractivity contribution in [3.05, 3.63) is 28.2 Å². The van der Waals surface area contributed by atoms with Crippen molar-refractivity contribution in [2.75, 3.05) is 25.7 Å². The summed E-state index contributed by atoms with van der Waals surface area (Å²) in [4.78, 5) is 11.0. The van der Waals surface area contributed by atoms with Gasteiger partial charge in [-0.05, 0) is 30.7 Å². The van der Waals surface area contributed by atoms with Crippen LogP contribution in [0.15, 0.2) is 22.7 Å². The molecule has 0 N–H and O–H groups in total. The summed E-state index contributed by atoms with van der Waals surface area (Å²) in [6, 6.07) is 5.39. The maximum Gasteiger partial charge on any atom is 0.153 e. The van der Waals surface area contributed by atoms with E-state index in [0.717, 1.165) is 10.8 Å². The standard InChI is InChI=1S/C15H23BrO3S/c1-15(2,3)20(4,5)19-9-8-18-14-7-6-13(16)10-12(14)11-17/h6-7,10-11H,8-9H2,1-5H3. The highest BCUT2D eigenvalue weighted by Gasteiger charge is 2.28. The minimum Gasteiger partial charge on any atom is -0.490 e. The molecule has 5 heteroatoms. The van der Waals surface area contributed by atoms with Gasteiger partial charge in [0, 0.05) is 9.22 Å². The highest BCUT2D eigenvalue weighted by Crippen LogP contribution is 2.53. The highest BCUT2D eigenvalue weighted by atomic mass is 79.9. The molecule has 0 aliphatic carbocycles. The normalized spacial score (nSPS) is 13.1. The molecule has 1 rings (SSSR count). The Morgan fingerprint density at radius 3 is 2.45 bits per heavy atom. The van der Waals surface area contributed by atoms with E-state index in [0.29, 0.717) is 24.5 Å². The number of carbonyl (C=O) groups is 1. The van der Waals surface area contributed by atoms with Gasteiger partial charge in [0.25, 0.3) is 0 Å². The second kappa shape index (κ2) is 6.96. The van der Waals surface area contributed by atoms with E-state index >= 15 is 0 Å². The van der Waals surface area contributed by atoms with E-state index in [9.17, 15) is 4.79 Å². The van der Waals surface area contributed by atoms with Crippen LogP contribution in [-0.4, -0.2) is 36.8 Å². The zero-order valence-corrected chi connectivity index (χ0v) is 15.1. The number of ether oxygens (including phenoxy) is 1. The molecule has 0 radical (unpaired) electrons. The summed E-state index contributed by atoms with van der Waals surface area (Å²) in [6.07, 6.45) is 5.11. The molecule has 20 heavy (non-hydrogen) atoms. The molecule has 114 valence electrons. The van der Waals surface area contributed by atoms with Crippen molar-refractivity contribution in [1.82, 2.24) is 0 Å². The molecule has 0 heterocycles. The quantitative estimate of drug-likeness (QED) is 0.554. The zero-order chi connectivity index (χ0) is 15.4. The monoisotopic (exact) mass is 362 g/mol. The minimum absolute atomic E-state index is 0.137. The van der Waals surface area contributed by atoms with Crippen LogP contribution in [0.1, 0.15) is 31.1 Å². The third-order valence-electron chi connectivity index (χ3n) is 3.29. The average Bonchev–Trinajstić information content (AvgIpc) is 2.34. The summed E-state index contributed by atoms with van der Waals surface area (Å²) in [5.74, 6) is 0.593. The molecule has 0 aliphatic rings. The lowest BCUT2D eigenvalue weighted by molar-refractivity contribution is 0.111. The smallest absolute Gasteiger partial charge is 0.153 e. The van der Waals surface area contributed by atoms with E-state index in [1.54, 1.807) is 12.1 Å². The number of benzene rings is 1. The average molecular weight is 363 g/mol. The second-order valence-corrected chi connectivity index (χ2v) is 10.7. The van der Waals surface area contributed by atoms with Crippen LogP contribution >= 0.6 is 26.2 Å². The van der Waals surface area contributed by atoms with Gasteiger partial charge in [0.1, 0.15) is 12.4 Å². The third kappa shape index (κ3) is 4.79. The van der Waals surface area contributed by atoms with E-state index in [1.165, 1.54) is 0 Å². The zero-order valence-electron chi connectivity index (χ0n) is 12.7. The van der Waals surface area contributed by atoms with Crippen LogP contribution in [0.4, 0.5) is 0 Å². The van der Waals surface area contributed by atoms with Crippen molar-refractivity contribution in [1.29, 1.82) is 0 Å². The van der Waals surface area contributed by atoms with Crippen LogP contribution < -0.4 is 4.74 Å². The van der Waals surface area contributed by atoms with Gasteiger partial charge in [-0.15, -0.1) is 10.3 Å². The molecule has 0 amide bonds. The number of carbonyl (C=O) groups excluding carboxylic acids is 1. The molecule has 0 aliphatic heterocycles. The van der Waals surface area contributed by atoms with Gasteiger partial charge in [0.2, 0.25) is 0 Å². The molecule has 0 fully saturated rings. The molecule has 1 aromatic carbocycles. The molecule has 0 unspecified atom stereocenters. The van der Waals surface area contributed by atoms with E-state index in [-0.39, 0.29) is 4.75 Å². The first-order valence-corrected chi connectivity index (χ1v) is 9.59. The maximum atomic E-state index is 11.0. The minimum atomic E-state index is -1.13. The topological polar surface area (TPSA) is 35.5 Å². The van der Waals surface area contributed by atoms with Gasteiger partial charge < -0.3 is 8.92 Å². The summed E-state index contributed by atoms with van der Waals surface area (Å²) >= 11 is 3.33. The van der Waals surface area contributed by atoms with E-state index in [4.69, 9.17) is 8.92 Å². The van der Waals surface area contributed by atoms with E-state index in [2.05, 4.69) is 49.2 Å². The van der Waals surface area contributed by atoms with Crippen LogP contribution in [0, 0.1) is 0 Å². The van der Waals surface area contributed by atoms with Gasteiger partial charge in [0.15, 0.2) is 6.29 Å². The van der Waals surface area contributed by atoms with Gasteiger partial charge in [-0.1, -0.05) is 36.7 Å². The molecule has 0 saturated heterocycles. The predicted molar refractivity (Wildman–Crippen MR) is 90.2 cm³/mol. The highest BCUT2D eigenvalue weighted by molar-refractivity contribution is 9.10. The predicted octanol–water partition coefficient (Wildman–Crippen LogP) is 4.43. The first-order chi connectivity index (χ1) is 9.17. The number of hydrogen-bond donors (Lipinski definition) is 0. The lowest BCUT2D eigenvalue weighted by atomic mass is 10.2. The Morgan fingerprint density at radius 1 is 1.25 bits per heavy atom. The van der Waals surface area contributed by atoms with Gasteiger partial charge in [-0.2, -0.15) is 0 Å². The first kappa shape index (κ1) is 17.5. The van der Waals surface area contributed by atoms with Crippen LogP contribution in [0.5, 0.6) is 5.75 Å². The van der Waals surface area contributed by atoms with Crippen molar-refractivity contribution < 1.29 is 13.7 Å². The summed E-state index contributed by atoms with van der Waals surface area (Å²) in [6.45, 7) is 7.51. The van der Waals surface area contributed by atoms with E-state index in [1.807, 2.05) is 6.07 Å². The molecule has 0 atom stereocenters. The number of hydrogen-bond acceptors (Lipinski definition) is 3. The summed E-state index contributed by atoms with van der Waals surface area (Å²) in [5, 5.41) is 0. The molecular weight excluding hydrogens is 340 g/mol. The molecule has 0 saturated carbocycles. The third-order valence-corrected chi connectivity index (χ3v) is 7.49. The van der Waals surface area contributed by atoms with E-state index < -0.39 is 10.3 Å². The van der Waals surface area contributed by atoms with Gasteiger partial charge in [0.05, 0.1) is 12.2 Å². The Labute approximate surface area is 131 Å². The fourth-order valence-corrected chi connectivity index (χ4v) is 2.53. The first-order valence-electron chi connectivity index (χ1n) is 6.42. The summed E-state index contributed by atoms with van der Waals surface area (Å²) in [7, 11) is -1.13. The summed E-state index contributed by atoms with van der Waals surface area (Å²) in [5.41, 5.74) is 0.543. The largest absolute Gasteiger partial charge is 0.490 e. The number of halogens is 1. The Balaban J connectivity index is 2.52. The lowest BCUT2D eigenvalue weighted by Gasteiger charge is -2.43. The van der Waals surface area contributed by atoms with Crippen molar-refractivity contribution in [2.24, 2.45) is 0 Å². The summed E-state index contributed by atoms with van der Waals surface area (Å²) < 4.78 is 12.6. The van der Waals surface area contributed by atoms with Crippen LogP contribution in [0.3, 0.4) is 0 Å². The van der Waals surface area contributed by atoms with Crippen LogP contribution in [0.2, 0.25) is 0 Å². The van der Waals surface area contributed by atoms with Crippen LogP contribution in [0.25, 0.3) is 0 Å². The van der Waals surface area contributed by atoms with Gasteiger partial charge in [-0.3, -0.25) is 4.79 Å². The van der Waals surface area contributed by atoms with Gasteiger partial charge in [-0.25, -0.2) is 0 Å².